The van der Waals surface area contributed by atoms with Gasteiger partial charge in [0.15, 0.2) is 0 Å². The van der Waals surface area contributed by atoms with Gasteiger partial charge in [-0.3, -0.25) is 9.59 Å². The highest BCUT2D eigenvalue weighted by molar-refractivity contribution is 6.20. The molecule has 0 aliphatic carbocycles. The molecule has 4 rings (SSSR count). The van der Waals surface area contributed by atoms with Crippen molar-refractivity contribution in [2.45, 2.75) is 12.8 Å². The molecule has 2 amide bonds. The van der Waals surface area contributed by atoms with Gasteiger partial charge in [-0.25, -0.2) is 9.78 Å². The van der Waals surface area contributed by atoms with Crippen LogP contribution in [0.25, 0.3) is 0 Å². The second kappa shape index (κ2) is 7.12. The monoisotopic (exact) mass is 376 g/mol. The van der Waals surface area contributed by atoms with Crippen molar-refractivity contribution in [3.05, 3.63) is 59.3 Å². The van der Waals surface area contributed by atoms with E-state index in [1.54, 1.807) is 24.3 Å². The average Bonchev–Trinajstić information content (AvgIpc) is 2.99. The van der Waals surface area contributed by atoms with Crippen LogP contribution in [0.4, 0.5) is 5.82 Å². The van der Waals surface area contributed by atoms with Gasteiger partial charge in [0.2, 0.25) is 0 Å². The smallest absolute Gasteiger partial charge is 0.336 e. The minimum absolute atomic E-state index is 0.238. The maximum atomic E-state index is 12.5. The molecule has 0 unspecified atom stereocenters. The number of nitriles is 1. The first kappa shape index (κ1) is 17.7. The second-order valence-corrected chi connectivity index (χ2v) is 6.64. The molecule has 8 heteroatoms. The molecule has 0 bridgehead atoms. The third kappa shape index (κ3) is 3.07. The molecule has 2 aliphatic rings. The molecule has 2 aromatic rings. The molecular weight excluding hydrogens is 360 g/mol. The van der Waals surface area contributed by atoms with Crippen LogP contribution in [0.1, 0.15) is 39.1 Å². The van der Waals surface area contributed by atoms with Gasteiger partial charge in [-0.1, -0.05) is 17.2 Å². The van der Waals surface area contributed by atoms with Crippen molar-refractivity contribution in [3.8, 4) is 6.07 Å². The summed E-state index contributed by atoms with van der Waals surface area (Å²) in [5.74, 6) is -1.48. The van der Waals surface area contributed by atoms with Crippen LogP contribution in [-0.4, -0.2) is 40.9 Å². The Bertz CT molecular complexity index is 953. The van der Waals surface area contributed by atoms with Gasteiger partial charge in [-0.05, 0) is 37.1 Å². The summed E-state index contributed by atoms with van der Waals surface area (Å²) in [7, 11) is 0. The Balaban J connectivity index is 1.36. The summed E-state index contributed by atoms with van der Waals surface area (Å²) >= 11 is 0. The van der Waals surface area contributed by atoms with Crippen LogP contribution in [-0.2, 0) is 9.63 Å². The van der Waals surface area contributed by atoms with Crippen LogP contribution >= 0.6 is 0 Å². The van der Waals surface area contributed by atoms with Crippen molar-refractivity contribution in [2.75, 3.05) is 18.0 Å². The molecule has 0 N–H and O–H groups in total. The molecule has 1 aromatic heterocycles. The zero-order valence-corrected chi connectivity index (χ0v) is 14.9. The minimum Gasteiger partial charge on any atom is -0.357 e. The third-order valence-corrected chi connectivity index (χ3v) is 4.97. The number of imide groups is 1. The highest BCUT2D eigenvalue weighted by Crippen LogP contribution is 2.26. The summed E-state index contributed by atoms with van der Waals surface area (Å²) in [6.45, 7) is 1.17. The number of piperidine rings is 1. The number of hydrogen-bond donors (Lipinski definition) is 0. The summed E-state index contributed by atoms with van der Waals surface area (Å²) in [6, 6.07) is 11.9. The molecule has 28 heavy (non-hydrogen) atoms. The maximum Gasteiger partial charge on any atom is 0.336 e. The van der Waals surface area contributed by atoms with Crippen LogP contribution in [0, 0.1) is 17.2 Å². The number of anilines is 1. The predicted octanol–water partition coefficient (Wildman–Crippen LogP) is 1.92. The number of carbonyl (C=O) groups excluding carboxylic acids is 3. The molecule has 8 nitrogen and oxygen atoms in total. The number of nitrogens with zero attached hydrogens (tertiary/aromatic N) is 4. The number of carbonyl (C=O) groups is 3. The highest BCUT2D eigenvalue weighted by atomic mass is 16.7. The summed E-state index contributed by atoms with van der Waals surface area (Å²) in [4.78, 5) is 48.5. The fourth-order valence-electron chi connectivity index (χ4n) is 3.40. The number of rotatable bonds is 3. The molecular formula is C20H16N4O4. The Hall–Kier alpha value is -3.73. The lowest BCUT2D eigenvalue weighted by atomic mass is 9.97. The van der Waals surface area contributed by atoms with Gasteiger partial charge in [0.05, 0.1) is 22.6 Å². The number of hydroxylamine groups is 2. The topological polar surface area (TPSA) is 104 Å². The van der Waals surface area contributed by atoms with Crippen LogP contribution in [0.3, 0.4) is 0 Å². The zero-order chi connectivity index (χ0) is 19.7. The van der Waals surface area contributed by atoms with Gasteiger partial charge in [0, 0.05) is 19.3 Å². The van der Waals surface area contributed by atoms with Crippen LogP contribution in [0.2, 0.25) is 0 Å². The van der Waals surface area contributed by atoms with E-state index in [-0.39, 0.29) is 11.1 Å². The standard InChI is InChI=1S/C20H16N4O4/c21-11-13-5-6-17(22-12-13)23-9-7-14(8-10-23)20(27)28-24-18(25)15-3-1-2-4-16(15)19(24)26/h1-6,12,14H,7-10H2. The first-order valence-corrected chi connectivity index (χ1v) is 8.89. The van der Waals surface area contributed by atoms with Crippen molar-refractivity contribution in [2.24, 2.45) is 5.92 Å². The van der Waals surface area contributed by atoms with E-state index in [0.717, 1.165) is 5.82 Å². The lowest BCUT2D eigenvalue weighted by Gasteiger charge is -2.31. The Morgan fingerprint density at radius 1 is 1.07 bits per heavy atom. The largest absolute Gasteiger partial charge is 0.357 e. The van der Waals surface area contributed by atoms with Gasteiger partial charge >= 0.3 is 5.97 Å². The first-order valence-electron chi connectivity index (χ1n) is 8.89. The van der Waals surface area contributed by atoms with Gasteiger partial charge in [0.25, 0.3) is 11.8 Å². The lowest BCUT2D eigenvalue weighted by Crippen LogP contribution is -2.40. The molecule has 0 atom stereocenters. The molecule has 1 aromatic carbocycles. The van der Waals surface area contributed by atoms with E-state index in [9.17, 15) is 14.4 Å². The third-order valence-electron chi connectivity index (χ3n) is 4.97. The highest BCUT2D eigenvalue weighted by Gasteiger charge is 2.40. The fourth-order valence-corrected chi connectivity index (χ4v) is 3.40. The molecule has 2 aliphatic heterocycles. The molecule has 140 valence electrons. The fraction of sp³-hybridized carbons (Fsp3) is 0.250. The van der Waals surface area contributed by atoms with Crippen molar-refractivity contribution in [1.82, 2.24) is 10.0 Å². The SMILES string of the molecule is N#Cc1ccc(N2CCC(C(=O)ON3C(=O)c4ccccc4C3=O)CC2)nc1. The Morgan fingerprint density at radius 2 is 1.71 bits per heavy atom. The van der Waals surface area contributed by atoms with Gasteiger partial charge < -0.3 is 9.74 Å². The second-order valence-electron chi connectivity index (χ2n) is 6.64. The number of fused-ring (bicyclic) bond motifs is 1. The number of benzene rings is 1. The molecule has 0 radical (unpaired) electrons. The van der Waals surface area contributed by atoms with Crippen LogP contribution < -0.4 is 4.90 Å². The van der Waals surface area contributed by atoms with E-state index in [1.807, 2.05) is 11.0 Å². The predicted molar refractivity (Wildman–Crippen MR) is 96.9 cm³/mol. The van der Waals surface area contributed by atoms with Crippen molar-refractivity contribution in [1.29, 1.82) is 5.26 Å². The molecule has 1 saturated heterocycles. The minimum atomic E-state index is -0.617. The molecule has 3 heterocycles. The zero-order valence-electron chi connectivity index (χ0n) is 14.9. The summed E-state index contributed by atoms with van der Waals surface area (Å²) in [6.07, 6.45) is 2.55. The number of pyridine rings is 1. The van der Waals surface area contributed by atoms with Crippen molar-refractivity contribution >= 4 is 23.6 Å². The van der Waals surface area contributed by atoms with E-state index in [4.69, 9.17) is 10.1 Å². The number of amides is 2. The molecule has 0 saturated carbocycles. The summed E-state index contributed by atoms with van der Waals surface area (Å²) < 4.78 is 0. The molecule has 1 fully saturated rings. The van der Waals surface area contributed by atoms with Crippen molar-refractivity contribution < 1.29 is 19.2 Å². The van der Waals surface area contributed by atoms with E-state index in [2.05, 4.69) is 4.98 Å². The van der Waals surface area contributed by atoms with Gasteiger partial charge in [0.1, 0.15) is 11.9 Å². The van der Waals surface area contributed by atoms with Crippen molar-refractivity contribution in [3.63, 3.8) is 0 Å². The molecule has 0 spiro atoms. The quantitative estimate of drug-likeness (QED) is 0.754. The lowest BCUT2D eigenvalue weighted by molar-refractivity contribution is -0.174. The Kier molecular flexibility index (Phi) is 4.49. The van der Waals surface area contributed by atoms with Gasteiger partial charge in [-0.2, -0.15) is 5.26 Å². The van der Waals surface area contributed by atoms with Crippen LogP contribution in [0.5, 0.6) is 0 Å². The van der Waals surface area contributed by atoms with Crippen LogP contribution in [0.15, 0.2) is 42.6 Å². The number of aromatic nitrogens is 1. The summed E-state index contributed by atoms with van der Waals surface area (Å²) in [5, 5.41) is 9.40. The number of hydrogen-bond acceptors (Lipinski definition) is 7. The van der Waals surface area contributed by atoms with E-state index in [0.29, 0.717) is 36.6 Å². The first-order chi connectivity index (χ1) is 13.6. The summed E-state index contributed by atoms with van der Waals surface area (Å²) in [5.41, 5.74) is 0.965. The normalized spacial score (nSPS) is 16.7. The maximum absolute atomic E-state index is 12.5. The van der Waals surface area contributed by atoms with E-state index in [1.165, 1.54) is 18.3 Å². The van der Waals surface area contributed by atoms with Gasteiger partial charge in [-0.15, -0.1) is 0 Å². The Labute approximate surface area is 160 Å². The van der Waals surface area contributed by atoms with E-state index < -0.39 is 23.7 Å². The van der Waals surface area contributed by atoms with E-state index >= 15 is 0 Å². The Morgan fingerprint density at radius 3 is 2.25 bits per heavy atom. The average molecular weight is 376 g/mol.